The van der Waals surface area contributed by atoms with Gasteiger partial charge in [-0.05, 0) is 31.0 Å². The van der Waals surface area contributed by atoms with E-state index in [0.717, 1.165) is 30.0 Å². The third kappa shape index (κ3) is 2.27. The van der Waals surface area contributed by atoms with Gasteiger partial charge in [0.25, 0.3) is 0 Å². The van der Waals surface area contributed by atoms with E-state index in [0.29, 0.717) is 0 Å². The standard InChI is InChI=1S/C12H16N2O2/c1-13-10-7-9(5-6-11(10)16-2)14-12(15)8-3-4-8/h5-8,13H,3-4H2,1-2H3,(H,14,15). The maximum absolute atomic E-state index is 11.6. The van der Waals surface area contributed by atoms with E-state index in [2.05, 4.69) is 10.6 Å². The van der Waals surface area contributed by atoms with E-state index < -0.39 is 0 Å². The van der Waals surface area contributed by atoms with Crippen molar-refractivity contribution in [3.8, 4) is 5.75 Å². The number of carbonyl (C=O) groups is 1. The molecule has 0 saturated heterocycles. The Hall–Kier alpha value is -1.71. The van der Waals surface area contributed by atoms with Crippen molar-refractivity contribution in [3.63, 3.8) is 0 Å². The van der Waals surface area contributed by atoms with E-state index >= 15 is 0 Å². The lowest BCUT2D eigenvalue weighted by atomic mass is 10.2. The topological polar surface area (TPSA) is 50.4 Å². The first-order chi connectivity index (χ1) is 7.74. The minimum atomic E-state index is 0.118. The molecule has 1 aromatic carbocycles. The molecule has 0 atom stereocenters. The van der Waals surface area contributed by atoms with Crippen LogP contribution in [0.1, 0.15) is 12.8 Å². The number of rotatable bonds is 4. The molecule has 0 bridgehead atoms. The summed E-state index contributed by atoms with van der Waals surface area (Å²) in [6.45, 7) is 0. The molecule has 1 amide bonds. The Morgan fingerprint density at radius 2 is 2.19 bits per heavy atom. The minimum Gasteiger partial charge on any atom is -0.495 e. The van der Waals surface area contributed by atoms with Gasteiger partial charge in [0.1, 0.15) is 5.75 Å². The van der Waals surface area contributed by atoms with Crippen molar-refractivity contribution in [2.75, 3.05) is 24.8 Å². The average molecular weight is 220 g/mol. The van der Waals surface area contributed by atoms with Gasteiger partial charge in [0.05, 0.1) is 12.8 Å². The van der Waals surface area contributed by atoms with Crippen molar-refractivity contribution in [2.45, 2.75) is 12.8 Å². The first-order valence-electron chi connectivity index (χ1n) is 5.41. The predicted octanol–water partition coefficient (Wildman–Crippen LogP) is 2.09. The molecule has 0 spiro atoms. The van der Waals surface area contributed by atoms with E-state index in [1.807, 2.05) is 25.2 Å². The Morgan fingerprint density at radius 3 is 2.75 bits per heavy atom. The number of hydrogen-bond acceptors (Lipinski definition) is 3. The van der Waals surface area contributed by atoms with Gasteiger partial charge in [-0.2, -0.15) is 0 Å². The average Bonchev–Trinajstić information content (AvgIpc) is 3.12. The van der Waals surface area contributed by atoms with Crippen LogP contribution in [-0.4, -0.2) is 20.1 Å². The zero-order valence-corrected chi connectivity index (χ0v) is 9.54. The van der Waals surface area contributed by atoms with Crippen molar-refractivity contribution >= 4 is 17.3 Å². The molecule has 2 N–H and O–H groups in total. The van der Waals surface area contributed by atoms with Crippen LogP contribution >= 0.6 is 0 Å². The Morgan fingerprint density at radius 1 is 1.44 bits per heavy atom. The fourth-order valence-corrected chi connectivity index (χ4v) is 1.57. The van der Waals surface area contributed by atoms with Gasteiger partial charge in [-0.1, -0.05) is 0 Å². The second kappa shape index (κ2) is 4.43. The first kappa shape index (κ1) is 10.8. The molecule has 0 radical (unpaired) electrons. The summed E-state index contributed by atoms with van der Waals surface area (Å²) < 4.78 is 5.18. The maximum Gasteiger partial charge on any atom is 0.227 e. The van der Waals surface area contributed by atoms with Crippen LogP contribution in [0.3, 0.4) is 0 Å². The number of methoxy groups -OCH3 is 1. The van der Waals surface area contributed by atoms with Crippen molar-refractivity contribution in [3.05, 3.63) is 18.2 Å². The smallest absolute Gasteiger partial charge is 0.227 e. The second-order valence-electron chi connectivity index (χ2n) is 3.93. The zero-order valence-electron chi connectivity index (χ0n) is 9.54. The summed E-state index contributed by atoms with van der Waals surface area (Å²) in [6, 6.07) is 5.56. The van der Waals surface area contributed by atoms with Crippen molar-refractivity contribution < 1.29 is 9.53 Å². The SMILES string of the molecule is CNc1cc(NC(=O)C2CC2)ccc1OC. The fraction of sp³-hybridized carbons (Fsp3) is 0.417. The highest BCUT2D eigenvalue weighted by atomic mass is 16.5. The number of nitrogens with one attached hydrogen (secondary N) is 2. The van der Waals surface area contributed by atoms with Crippen LogP contribution in [0.25, 0.3) is 0 Å². The summed E-state index contributed by atoms with van der Waals surface area (Å²) in [5, 5.41) is 5.92. The molecule has 1 saturated carbocycles. The maximum atomic E-state index is 11.6. The molecule has 2 rings (SSSR count). The highest BCUT2D eigenvalue weighted by Crippen LogP contribution is 2.32. The molecule has 16 heavy (non-hydrogen) atoms. The summed E-state index contributed by atoms with van der Waals surface area (Å²) in [5.41, 5.74) is 1.68. The van der Waals surface area contributed by atoms with E-state index in [1.165, 1.54) is 0 Å². The monoisotopic (exact) mass is 220 g/mol. The summed E-state index contributed by atoms with van der Waals surface area (Å²) in [5.74, 6) is 1.11. The van der Waals surface area contributed by atoms with E-state index in [9.17, 15) is 4.79 Å². The highest BCUT2D eigenvalue weighted by Gasteiger charge is 2.29. The lowest BCUT2D eigenvalue weighted by Gasteiger charge is -2.10. The number of carbonyl (C=O) groups excluding carboxylic acids is 1. The number of hydrogen-bond donors (Lipinski definition) is 2. The van der Waals surface area contributed by atoms with Gasteiger partial charge in [-0.25, -0.2) is 0 Å². The number of benzene rings is 1. The molecule has 1 aliphatic rings. The summed E-state index contributed by atoms with van der Waals surface area (Å²) in [6.07, 6.45) is 2.03. The fourth-order valence-electron chi connectivity index (χ4n) is 1.57. The Balaban J connectivity index is 2.12. The van der Waals surface area contributed by atoms with Crippen LogP contribution in [0.15, 0.2) is 18.2 Å². The van der Waals surface area contributed by atoms with Gasteiger partial charge >= 0.3 is 0 Å². The third-order valence-electron chi connectivity index (χ3n) is 2.68. The molecule has 0 unspecified atom stereocenters. The third-order valence-corrected chi connectivity index (χ3v) is 2.68. The molecule has 4 nitrogen and oxygen atoms in total. The van der Waals surface area contributed by atoms with Gasteiger partial charge in [0.15, 0.2) is 0 Å². The summed E-state index contributed by atoms with van der Waals surface area (Å²) in [4.78, 5) is 11.6. The van der Waals surface area contributed by atoms with E-state index in [-0.39, 0.29) is 11.8 Å². The number of anilines is 2. The molecule has 1 fully saturated rings. The first-order valence-corrected chi connectivity index (χ1v) is 5.41. The van der Waals surface area contributed by atoms with Crippen molar-refractivity contribution in [1.29, 1.82) is 0 Å². The van der Waals surface area contributed by atoms with Crippen LogP contribution in [0.2, 0.25) is 0 Å². The molecular formula is C12H16N2O2. The number of amides is 1. The molecule has 86 valence electrons. The zero-order chi connectivity index (χ0) is 11.5. The van der Waals surface area contributed by atoms with Crippen LogP contribution in [0.4, 0.5) is 11.4 Å². The largest absolute Gasteiger partial charge is 0.495 e. The molecule has 1 aliphatic carbocycles. The molecule has 0 heterocycles. The molecule has 0 aromatic heterocycles. The quantitative estimate of drug-likeness (QED) is 0.816. The van der Waals surface area contributed by atoms with Gasteiger partial charge in [0, 0.05) is 18.7 Å². The summed E-state index contributed by atoms with van der Waals surface area (Å²) in [7, 11) is 3.45. The molecule has 1 aromatic rings. The van der Waals surface area contributed by atoms with E-state index in [1.54, 1.807) is 7.11 Å². The predicted molar refractivity (Wildman–Crippen MR) is 63.9 cm³/mol. The molecular weight excluding hydrogens is 204 g/mol. The van der Waals surface area contributed by atoms with Crippen LogP contribution in [0, 0.1) is 5.92 Å². The normalized spacial score (nSPS) is 14.4. The van der Waals surface area contributed by atoms with Gasteiger partial charge in [-0.15, -0.1) is 0 Å². The molecule has 4 heteroatoms. The van der Waals surface area contributed by atoms with Crippen LogP contribution in [0.5, 0.6) is 5.75 Å². The van der Waals surface area contributed by atoms with Gasteiger partial charge < -0.3 is 15.4 Å². The highest BCUT2D eigenvalue weighted by molar-refractivity contribution is 5.94. The molecule has 0 aliphatic heterocycles. The van der Waals surface area contributed by atoms with Crippen LogP contribution < -0.4 is 15.4 Å². The van der Waals surface area contributed by atoms with Gasteiger partial charge in [0.2, 0.25) is 5.91 Å². The number of ether oxygens (including phenoxy) is 1. The lowest BCUT2D eigenvalue weighted by Crippen LogP contribution is -2.13. The Bertz CT molecular complexity index is 400. The Labute approximate surface area is 95.0 Å². The minimum absolute atomic E-state index is 0.118. The van der Waals surface area contributed by atoms with Crippen molar-refractivity contribution in [2.24, 2.45) is 5.92 Å². The van der Waals surface area contributed by atoms with Crippen LogP contribution in [-0.2, 0) is 4.79 Å². The van der Waals surface area contributed by atoms with Gasteiger partial charge in [-0.3, -0.25) is 4.79 Å². The van der Waals surface area contributed by atoms with E-state index in [4.69, 9.17) is 4.74 Å². The summed E-state index contributed by atoms with van der Waals surface area (Å²) >= 11 is 0. The van der Waals surface area contributed by atoms with Crippen molar-refractivity contribution in [1.82, 2.24) is 0 Å². The second-order valence-corrected chi connectivity index (χ2v) is 3.93. The Kier molecular flexibility index (Phi) is 2.99. The lowest BCUT2D eigenvalue weighted by molar-refractivity contribution is -0.117.